The fraction of sp³-hybridized carbons (Fsp3) is 0.567. The molecule has 0 radical (unpaired) electrons. The number of nitriles is 1. The Morgan fingerprint density at radius 1 is 1.16 bits per heavy atom. The predicted molar refractivity (Wildman–Crippen MR) is 147 cm³/mol. The zero-order valence-electron chi connectivity index (χ0n) is 22.5. The number of carbonyl (C=O) groups excluding carboxylic acids is 1. The summed E-state index contributed by atoms with van der Waals surface area (Å²) in [6.07, 6.45) is 12.0. The number of likely N-dealkylation sites (N-methyl/N-ethyl adjacent to an activating group) is 1. The molecule has 2 aromatic rings. The van der Waals surface area contributed by atoms with Crippen LogP contribution in [0.15, 0.2) is 30.5 Å². The maximum absolute atomic E-state index is 12.9. The van der Waals surface area contributed by atoms with Crippen molar-refractivity contribution in [2.75, 3.05) is 38.5 Å². The van der Waals surface area contributed by atoms with E-state index in [1.807, 2.05) is 6.07 Å². The number of anilines is 1. The van der Waals surface area contributed by atoms with Gasteiger partial charge in [0.05, 0.1) is 0 Å². The number of benzene rings is 1. The maximum atomic E-state index is 12.9. The molecule has 196 valence electrons. The molecule has 2 fully saturated rings. The van der Waals surface area contributed by atoms with Crippen molar-refractivity contribution in [1.82, 2.24) is 19.8 Å². The first-order valence-corrected chi connectivity index (χ1v) is 13.8. The smallest absolute Gasteiger partial charge is 0.291 e. The molecule has 5 rings (SSSR count). The Morgan fingerprint density at radius 3 is 2.57 bits per heavy atom. The number of hydrogen-bond acceptors (Lipinski definition) is 5. The standard InChI is InChI=1S/C30H40N6O/c1-30(2)12-10-22(11-13-30)26-18-23(6-9-27(26)34-29(37)28-32-20-24(19-31)33-28)21-4-7-25(8-5-21)36-16-14-35(3)15-17-36/h6,9-10,18,20-21,25H,4-5,7-8,11-17H2,1-3H3,(H,32,33)(H,34,37). The first-order valence-electron chi connectivity index (χ1n) is 13.8. The van der Waals surface area contributed by atoms with Gasteiger partial charge in [0.1, 0.15) is 6.07 Å². The summed E-state index contributed by atoms with van der Waals surface area (Å²) in [4.78, 5) is 25.0. The molecule has 0 bridgehead atoms. The van der Waals surface area contributed by atoms with Gasteiger partial charge in [-0.3, -0.25) is 9.69 Å². The number of H-pyrrole nitrogens is 1. The molecule has 7 heteroatoms. The number of hydrogen-bond donors (Lipinski definition) is 2. The van der Waals surface area contributed by atoms with Gasteiger partial charge in [0.2, 0.25) is 0 Å². The Balaban J connectivity index is 1.34. The minimum absolute atomic E-state index is 0.160. The van der Waals surface area contributed by atoms with Gasteiger partial charge in [-0.15, -0.1) is 0 Å². The van der Waals surface area contributed by atoms with Crippen molar-refractivity contribution in [2.24, 2.45) is 5.41 Å². The van der Waals surface area contributed by atoms with Gasteiger partial charge in [-0.2, -0.15) is 5.26 Å². The lowest BCUT2D eigenvalue weighted by Gasteiger charge is -2.41. The Hall–Kier alpha value is -2.95. The van der Waals surface area contributed by atoms with E-state index in [-0.39, 0.29) is 17.4 Å². The van der Waals surface area contributed by atoms with E-state index in [2.05, 4.69) is 70.3 Å². The van der Waals surface area contributed by atoms with Crippen LogP contribution in [0.3, 0.4) is 0 Å². The lowest BCUT2D eigenvalue weighted by Crippen LogP contribution is -2.49. The molecule has 7 nitrogen and oxygen atoms in total. The monoisotopic (exact) mass is 500 g/mol. The molecule has 37 heavy (non-hydrogen) atoms. The van der Waals surface area contributed by atoms with Crippen LogP contribution in [0, 0.1) is 16.7 Å². The van der Waals surface area contributed by atoms with Gasteiger partial charge in [0.15, 0.2) is 11.5 Å². The number of amides is 1. The van der Waals surface area contributed by atoms with Crippen LogP contribution in [-0.2, 0) is 0 Å². The number of piperazine rings is 1. The quantitative estimate of drug-likeness (QED) is 0.574. The molecule has 0 spiro atoms. The van der Waals surface area contributed by atoms with Crippen molar-refractivity contribution < 1.29 is 4.79 Å². The van der Waals surface area contributed by atoms with Gasteiger partial charge in [-0.05, 0) is 86.6 Å². The van der Waals surface area contributed by atoms with Crippen LogP contribution in [0.1, 0.15) is 92.2 Å². The molecule has 2 heterocycles. The molecule has 0 atom stereocenters. The third-order valence-corrected chi connectivity index (χ3v) is 8.74. The van der Waals surface area contributed by atoms with E-state index < -0.39 is 0 Å². The molecule has 2 aliphatic carbocycles. The van der Waals surface area contributed by atoms with E-state index in [1.165, 1.54) is 69.2 Å². The second-order valence-electron chi connectivity index (χ2n) is 11.9. The first-order chi connectivity index (χ1) is 17.8. The second-order valence-corrected chi connectivity index (χ2v) is 11.9. The summed E-state index contributed by atoms with van der Waals surface area (Å²) in [6, 6.07) is 9.30. The highest BCUT2D eigenvalue weighted by Gasteiger charge is 2.29. The number of imidazole rings is 1. The van der Waals surface area contributed by atoms with Crippen LogP contribution < -0.4 is 5.32 Å². The molecule has 1 amide bonds. The Morgan fingerprint density at radius 2 is 1.92 bits per heavy atom. The number of rotatable bonds is 5. The van der Waals surface area contributed by atoms with Crippen molar-refractivity contribution in [3.8, 4) is 6.07 Å². The number of nitrogens with zero attached hydrogens (tertiary/aromatic N) is 4. The van der Waals surface area contributed by atoms with Crippen LogP contribution in [-0.4, -0.2) is 64.9 Å². The van der Waals surface area contributed by atoms with E-state index in [9.17, 15) is 4.79 Å². The minimum atomic E-state index is -0.320. The van der Waals surface area contributed by atoms with Crippen LogP contribution in [0.4, 0.5) is 5.69 Å². The summed E-state index contributed by atoms with van der Waals surface area (Å²) in [5.41, 5.74) is 5.19. The lowest BCUT2D eigenvalue weighted by molar-refractivity contribution is 0.0878. The van der Waals surface area contributed by atoms with E-state index >= 15 is 0 Å². The summed E-state index contributed by atoms with van der Waals surface area (Å²) in [6.45, 7) is 9.39. The SMILES string of the molecule is CN1CCN(C2CCC(c3ccc(NC(=O)c4nc(C#N)c[nH]4)c(C4=CCC(C)(C)CC4)c3)CC2)CC1. The first kappa shape index (κ1) is 25.7. The number of nitrogens with one attached hydrogen (secondary N) is 2. The molecule has 2 N–H and O–H groups in total. The van der Waals surface area contributed by atoms with E-state index in [0.29, 0.717) is 11.3 Å². The highest BCUT2D eigenvalue weighted by molar-refractivity contribution is 6.03. The summed E-state index contributed by atoms with van der Waals surface area (Å²) >= 11 is 0. The third kappa shape index (κ3) is 5.97. The van der Waals surface area contributed by atoms with Gasteiger partial charge in [-0.1, -0.05) is 26.0 Å². The molecular weight excluding hydrogens is 460 g/mol. The molecule has 1 aliphatic heterocycles. The van der Waals surface area contributed by atoms with Crippen molar-refractivity contribution in [2.45, 2.75) is 70.8 Å². The summed E-state index contributed by atoms with van der Waals surface area (Å²) in [5.74, 6) is 0.406. The van der Waals surface area contributed by atoms with Crippen molar-refractivity contribution in [3.63, 3.8) is 0 Å². The zero-order valence-corrected chi connectivity index (χ0v) is 22.5. The predicted octanol–water partition coefficient (Wildman–Crippen LogP) is 5.40. The van der Waals surface area contributed by atoms with Crippen LogP contribution >= 0.6 is 0 Å². The minimum Gasteiger partial charge on any atom is -0.339 e. The molecular formula is C30H40N6O. The molecule has 0 unspecified atom stereocenters. The Kier molecular flexibility index (Phi) is 7.50. The molecule has 1 aromatic carbocycles. The second kappa shape index (κ2) is 10.8. The number of aromatic amines is 1. The highest BCUT2D eigenvalue weighted by atomic mass is 16.2. The summed E-state index contributed by atoms with van der Waals surface area (Å²) < 4.78 is 0. The molecule has 3 aliphatic rings. The maximum Gasteiger partial charge on any atom is 0.291 e. The zero-order chi connectivity index (χ0) is 26.0. The number of carbonyl (C=O) groups is 1. The Labute approximate surface area is 220 Å². The van der Waals surface area contributed by atoms with Gasteiger partial charge in [-0.25, -0.2) is 4.98 Å². The largest absolute Gasteiger partial charge is 0.339 e. The van der Waals surface area contributed by atoms with Crippen molar-refractivity contribution in [3.05, 3.63) is 53.1 Å². The Bertz CT molecular complexity index is 1190. The number of allylic oxidation sites excluding steroid dienone is 2. The lowest BCUT2D eigenvalue weighted by atomic mass is 9.76. The van der Waals surface area contributed by atoms with Gasteiger partial charge < -0.3 is 15.2 Å². The van der Waals surface area contributed by atoms with Crippen molar-refractivity contribution in [1.29, 1.82) is 5.26 Å². The number of aromatic nitrogens is 2. The molecule has 1 saturated carbocycles. The van der Waals surface area contributed by atoms with E-state index in [0.717, 1.165) is 36.6 Å². The van der Waals surface area contributed by atoms with E-state index in [1.54, 1.807) is 0 Å². The van der Waals surface area contributed by atoms with E-state index in [4.69, 9.17) is 5.26 Å². The molecule has 1 saturated heterocycles. The van der Waals surface area contributed by atoms with Crippen LogP contribution in [0.25, 0.3) is 5.57 Å². The average molecular weight is 501 g/mol. The fourth-order valence-corrected chi connectivity index (χ4v) is 6.15. The van der Waals surface area contributed by atoms with Gasteiger partial charge in [0.25, 0.3) is 5.91 Å². The summed E-state index contributed by atoms with van der Waals surface area (Å²) in [7, 11) is 2.22. The fourth-order valence-electron chi connectivity index (χ4n) is 6.15. The topological polar surface area (TPSA) is 88.0 Å². The van der Waals surface area contributed by atoms with Gasteiger partial charge in [0, 0.05) is 49.7 Å². The summed E-state index contributed by atoms with van der Waals surface area (Å²) in [5, 5.41) is 12.1. The van der Waals surface area contributed by atoms with Crippen LogP contribution in [0.2, 0.25) is 0 Å². The van der Waals surface area contributed by atoms with Crippen LogP contribution in [0.5, 0.6) is 0 Å². The third-order valence-electron chi connectivity index (χ3n) is 8.74. The van der Waals surface area contributed by atoms with Crippen molar-refractivity contribution >= 4 is 17.2 Å². The highest BCUT2D eigenvalue weighted by Crippen LogP contribution is 2.42. The normalized spacial score (nSPS) is 24.8. The van der Waals surface area contributed by atoms with Gasteiger partial charge >= 0.3 is 0 Å². The average Bonchev–Trinajstić information content (AvgIpc) is 3.39. The molecule has 1 aromatic heterocycles.